The summed E-state index contributed by atoms with van der Waals surface area (Å²) >= 11 is 3.57. The Morgan fingerprint density at radius 2 is 2.14 bits per heavy atom. The Kier molecular flexibility index (Phi) is 6.66. The summed E-state index contributed by atoms with van der Waals surface area (Å²) in [5.74, 6) is -2.58. The van der Waals surface area contributed by atoms with E-state index in [9.17, 15) is 19.5 Å². The fourth-order valence-corrected chi connectivity index (χ4v) is 5.91. The molecule has 9 heteroatoms. The van der Waals surface area contributed by atoms with Gasteiger partial charge in [-0.25, -0.2) is 0 Å². The Hall–Kier alpha value is -1.19. The number of rotatable bonds is 9. The second-order valence-corrected chi connectivity index (χ2v) is 8.85. The number of ether oxygens (including phenoxy) is 2. The van der Waals surface area contributed by atoms with Gasteiger partial charge in [0.05, 0.1) is 31.2 Å². The average molecular weight is 461 g/mol. The third-order valence-electron chi connectivity index (χ3n) is 6.02. The van der Waals surface area contributed by atoms with Gasteiger partial charge in [0.2, 0.25) is 11.8 Å². The molecule has 0 radical (unpaired) electrons. The number of carbonyl (C=O) groups excluding carboxylic acids is 3. The number of alkyl halides is 1. The van der Waals surface area contributed by atoms with Crippen molar-refractivity contribution in [2.24, 2.45) is 11.8 Å². The summed E-state index contributed by atoms with van der Waals surface area (Å²) in [5, 5.41) is 12.4. The Morgan fingerprint density at radius 1 is 1.39 bits per heavy atom. The Labute approximate surface area is 173 Å². The maximum atomic E-state index is 13.2. The molecule has 6 atom stereocenters. The highest BCUT2D eigenvalue weighted by molar-refractivity contribution is 9.09. The number of esters is 1. The van der Waals surface area contributed by atoms with Gasteiger partial charge in [-0.15, -0.1) is 0 Å². The SMILES string of the molecule is CCCCCNC(=O)C1N(CCO)C(=O)[C@@H]2[C@H](C(=O)OCC)[C@H]3OC12CC3Br. The zero-order chi connectivity index (χ0) is 20.5. The van der Waals surface area contributed by atoms with Crippen LogP contribution in [0.15, 0.2) is 0 Å². The number of hydrogen-bond donors (Lipinski definition) is 2. The second kappa shape index (κ2) is 8.67. The molecule has 0 aliphatic carbocycles. The number of nitrogens with one attached hydrogen (secondary N) is 1. The number of fused-ring (bicyclic) bond motifs is 1. The predicted octanol–water partition coefficient (Wildman–Crippen LogP) is 0.596. The van der Waals surface area contributed by atoms with E-state index in [1.54, 1.807) is 6.92 Å². The van der Waals surface area contributed by atoms with Crippen molar-refractivity contribution in [3.05, 3.63) is 0 Å². The minimum atomic E-state index is -1.07. The smallest absolute Gasteiger partial charge is 0.312 e. The van der Waals surface area contributed by atoms with Crippen molar-refractivity contribution in [3.63, 3.8) is 0 Å². The Bertz CT molecular complexity index is 632. The van der Waals surface area contributed by atoms with Crippen LogP contribution < -0.4 is 5.32 Å². The molecule has 3 unspecified atom stereocenters. The minimum absolute atomic E-state index is 0.0284. The van der Waals surface area contributed by atoms with E-state index in [1.807, 2.05) is 0 Å². The van der Waals surface area contributed by atoms with Crippen LogP contribution in [0, 0.1) is 11.8 Å². The zero-order valence-corrected chi connectivity index (χ0v) is 17.9. The number of unbranched alkanes of at least 4 members (excludes halogenated alkanes) is 2. The standard InChI is InChI=1S/C19H29BrN2O6/c1-3-5-6-7-21-16(24)15-19-10-11(20)14(28-19)12(18(26)27-4-2)13(19)17(25)22(15)8-9-23/h11-15,23H,3-10H2,1-2H3,(H,21,24)/t11?,12-,13-,14-,15?,19?/m0/s1. The third-order valence-corrected chi connectivity index (χ3v) is 6.86. The quantitative estimate of drug-likeness (QED) is 0.296. The van der Waals surface area contributed by atoms with E-state index in [-0.39, 0.29) is 36.4 Å². The first-order valence-corrected chi connectivity index (χ1v) is 11.0. The molecule has 2 amide bonds. The van der Waals surface area contributed by atoms with Gasteiger partial charge in [-0.05, 0) is 19.8 Å². The first kappa shape index (κ1) is 21.5. The van der Waals surface area contributed by atoms with Crippen LogP contribution in [0.1, 0.15) is 39.5 Å². The lowest BCUT2D eigenvalue weighted by Crippen LogP contribution is -2.56. The van der Waals surface area contributed by atoms with Gasteiger partial charge in [0, 0.05) is 17.9 Å². The van der Waals surface area contributed by atoms with Crippen molar-refractivity contribution in [1.82, 2.24) is 10.2 Å². The van der Waals surface area contributed by atoms with Crippen molar-refractivity contribution in [3.8, 4) is 0 Å². The monoisotopic (exact) mass is 460 g/mol. The van der Waals surface area contributed by atoms with Crippen LogP contribution in [-0.4, -0.2) is 76.7 Å². The van der Waals surface area contributed by atoms with Crippen molar-refractivity contribution in [1.29, 1.82) is 0 Å². The van der Waals surface area contributed by atoms with Crippen molar-refractivity contribution in [2.75, 3.05) is 26.3 Å². The largest absolute Gasteiger partial charge is 0.466 e. The lowest BCUT2D eigenvalue weighted by Gasteiger charge is -2.33. The molecule has 0 aromatic rings. The van der Waals surface area contributed by atoms with Crippen LogP contribution >= 0.6 is 15.9 Å². The van der Waals surface area contributed by atoms with Crippen molar-refractivity contribution >= 4 is 33.7 Å². The third kappa shape index (κ3) is 3.35. The van der Waals surface area contributed by atoms with Gasteiger partial charge >= 0.3 is 5.97 Å². The summed E-state index contributed by atoms with van der Waals surface area (Å²) in [6, 6.07) is -0.858. The number of carbonyl (C=O) groups is 3. The van der Waals surface area contributed by atoms with E-state index in [0.717, 1.165) is 19.3 Å². The molecular formula is C19H29BrN2O6. The second-order valence-electron chi connectivity index (χ2n) is 7.67. The van der Waals surface area contributed by atoms with Crippen molar-refractivity contribution in [2.45, 2.75) is 62.1 Å². The molecule has 2 N–H and O–H groups in total. The molecule has 0 saturated carbocycles. The van der Waals surface area contributed by atoms with Gasteiger partial charge in [-0.2, -0.15) is 0 Å². The lowest BCUT2D eigenvalue weighted by molar-refractivity contribution is -0.154. The Balaban J connectivity index is 1.90. The molecule has 0 aromatic heterocycles. The molecule has 158 valence electrons. The molecule has 28 heavy (non-hydrogen) atoms. The van der Waals surface area contributed by atoms with E-state index in [2.05, 4.69) is 28.2 Å². The van der Waals surface area contributed by atoms with E-state index in [0.29, 0.717) is 13.0 Å². The highest BCUT2D eigenvalue weighted by atomic mass is 79.9. The first-order chi connectivity index (χ1) is 13.4. The van der Waals surface area contributed by atoms with Gasteiger partial charge in [0.1, 0.15) is 11.6 Å². The van der Waals surface area contributed by atoms with Gasteiger partial charge in [-0.3, -0.25) is 14.4 Å². The molecule has 3 fully saturated rings. The molecule has 3 aliphatic rings. The van der Waals surface area contributed by atoms with E-state index in [4.69, 9.17) is 9.47 Å². The molecule has 0 aromatic carbocycles. The van der Waals surface area contributed by atoms with Crippen LogP contribution in [0.5, 0.6) is 0 Å². The van der Waals surface area contributed by atoms with E-state index >= 15 is 0 Å². The normalized spacial score (nSPS) is 35.9. The summed E-state index contributed by atoms with van der Waals surface area (Å²) in [7, 11) is 0. The molecule has 3 aliphatic heterocycles. The predicted molar refractivity (Wildman–Crippen MR) is 104 cm³/mol. The number of amides is 2. The maximum Gasteiger partial charge on any atom is 0.312 e. The van der Waals surface area contributed by atoms with Gasteiger partial charge in [0.25, 0.3) is 0 Å². The van der Waals surface area contributed by atoms with Crippen LogP contribution in [-0.2, 0) is 23.9 Å². The number of hydrogen-bond acceptors (Lipinski definition) is 6. The summed E-state index contributed by atoms with van der Waals surface area (Å²) in [4.78, 5) is 40.1. The molecular weight excluding hydrogens is 432 g/mol. The molecule has 3 heterocycles. The molecule has 1 spiro atoms. The van der Waals surface area contributed by atoms with Crippen molar-refractivity contribution < 1.29 is 29.0 Å². The van der Waals surface area contributed by atoms with Gasteiger partial charge < -0.3 is 24.8 Å². The number of likely N-dealkylation sites (tertiary alicyclic amines) is 1. The van der Waals surface area contributed by atoms with Crippen LogP contribution in [0.3, 0.4) is 0 Å². The summed E-state index contributed by atoms with van der Waals surface area (Å²) < 4.78 is 11.4. The Morgan fingerprint density at radius 3 is 2.79 bits per heavy atom. The van der Waals surface area contributed by atoms with Crippen LogP contribution in [0.2, 0.25) is 0 Å². The van der Waals surface area contributed by atoms with Gasteiger partial charge in [-0.1, -0.05) is 35.7 Å². The lowest BCUT2D eigenvalue weighted by atomic mass is 9.70. The summed E-state index contributed by atoms with van der Waals surface area (Å²) in [6.45, 7) is 4.30. The number of aliphatic hydroxyl groups is 1. The van der Waals surface area contributed by atoms with Gasteiger partial charge in [0.15, 0.2) is 0 Å². The average Bonchev–Trinajstić information content (AvgIpc) is 3.23. The fourth-order valence-electron chi connectivity index (χ4n) is 4.97. The first-order valence-electron chi connectivity index (χ1n) is 10.1. The fraction of sp³-hybridized carbons (Fsp3) is 0.842. The zero-order valence-electron chi connectivity index (χ0n) is 16.4. The number of β-amino-alcohol motifs (C(OH)–C–C–N with tert-alkyl or cyclic N) is 1. The minimum Gasteiger partial charge on any atom is -0.466 e. The molecule has 2 bridgehead atoms. The highest BCUT2D eigenvalue weighted by Crippen LogP contribution is 2.60. The van der Waals surface area contributed by atoms with E-state index < -0.39 is 35.6 Å². The summed E-state index contributed by atoms with van der Waals surface area (Å²) in [5.41, 5.74) is -1.07. The number of nitrogens with zero attached hydrogens (tertiary/aromatic N) is 1. The van der Waals surface area contributed by atoms with Crippen LogP contribution in [0.4, 0.5) is 0 Å². The molecule has 3 rings (SSSR count). The highest BCUT2D eigenvalue weighted by Gasteiger charge is 2.76. The summed E-state index contributed by atoms with van der Waals surface area (Å²) in [6.07, 6.45) is 2.86. The molecule has 3 saturated heterocycles. The maximum absolute atomic E-state index is 13.2. The number of aliphatic hydroxyl groups excluding tert-OH is 1. The number of halogens is 1. The van der Waals surface area contributed by atoms with Crippen LogP contribution in [0.25, 0.3) is 0 Å². The topological polar surface area (TPSA) is 105 Å². The molecule has 8 nitrogen and oxygen atoms in total. The van der Waals surface area contributed by atoms with E-state index in [1.165, 1.54) is 4.90 Å².